The van der Waals surface area contributed by atoms with Gasteiger partial charge in [0.15, 0.2) is 8.32 Å². The predicted octanol–water partition coefficient (Wildman–Crippen LogP) is 4.13. The minimum Gasteiger partial charge on any atom is -0.417 e. The first-order valence-corrected chi connectivity index (χ1v) is 9.66. The van der Waals surface area contributed by atoms with Crippen LogP contribution in [0.3, 0.4) is 0 Å². The first-order chi connectivity index (χ1) is 7.83. The van der Waals surface area contributed by atoms with Crippen LogP contribution in [0.25, 0.3) is 0 Å². The zero-order valence-corrected chi connectivity index (χ0v) is 13.1. The number of hydrogen-bond acceptors (Lipinski definition) is 2. The minimum absolute atomic E-state index is 0.266. The summed E-state index contributed by atoms with van der Waals surface area (Å²) in [5, 5.41) is 0.299. The molecule has 17 heavy (non-hydrogen) atoms. The summed E-state index contributed by atoms with van der Waals surface area (Å²) in [6.45, 7) is 13.2. The maximum absolute atomic E-state index is 6.16. The SMILES string of the molecule is CC(C)(C)[Si](C)(C)OCCC1C=CCCCO1. The average Bonchev–Trinajstić information content (AvgIpc) is 2.44. The van der Waals surface area contributed by atoms with Crippen LogP contribution in [0.5, 0.6) is 0 Å². The van der Waals surface area contributed by atoms with Crippen LogP contribution in [-0.4, -0.2) is 27.6 Å². The molecule has 0 fully saturated rings. The minimum atomic E-state index is -1.58. The van der Waals surface area contributed by atoms with E-state index in [1.165, 1.54) is 0 Å². The molecular formula is C14H28O2Si. The van der Waals surface area contributed by atoms with Gasteiger partial charge in [0.1, 0.15) is 0 Å². The summed E-state index contributed by atoms with van der Waals surface area (Å²) in [7, 11) is -1.58. The van der Waals surface area contributed by atoms with Crippen LogP contribution < -0.4 is 0 Å². The standard InChI is InChI=1S/C14H28O2Si/c1-14(2,3)17(4,5)16-12-10-13-9-7-6-8-11-15-13/h7,9,13H,6,8,10-12H2,1-5H3. The summed E-state index contributed by atoms with van der Waals surface area (Å²) in [5.74, 6) is 0. The lowest BCUT2D eigenvalue weighted by molar-refractivity contribution is 0.0702. The van der Waals surface area contributed by atoms with E-state index in [1.807, 2.05) is 0 Å². The molecule has 1 rings (SSSR count). The van der Waals surface area contributed by atoms with Crippen molar-refractivity contribution in [3.05, 3.63) is 12.2 Å². The fraction of sp³-hybridized carbons (Fsp3) is 0.857. The molecule has 1 unspecified atom stereocenters. The van der Waals surface area contributed by atoms with Crippen LogP contribution in [0, 0.1) is 0 Å². The second kappa shape index (κ2) is 6.16. The third kappa shape index (κ3) is 4.94. The molecule has 0 spiro atoms. The summed E-state index contributed by atoms with van der Waals surface area (Å²) in [6, 6.07) is 0. The topological polar surface area (TPSA) is 18.5 Å². The van der Waals surface area contributed by atoms with Gasteiger partial charge in [-0.1, -0.05) is 32.9 Å². The lowest BCUT2D eigenvalue weighted by Gasteiger charge is -2.36. The van der Waals surface area contributed by atoms with Gasteiger partial charge in [-0.2, -0.15) is 0 Å². The molecule has 2 nitrogen and oxygen atoms in total. The Morgan fingerprint density at radius 2 is 2.06 bits per heavy atom. The van der Waals surface area contributed by atoms with E-state index in [9.17, 15) is 0 Å². The van der Waals surface area contributed by atoms with Crippen molar-refractivity contribution < 1.29 is 9.16 Å². The van der Waals surface area contributed by atoms with Crippen molar-refractivity contribution in [1.29, 1.82) is 0 Å². The van der Waals surface area contributed by atoms with E-state index in [-0.39, 0.29) is 6.10 Å². The van der Waals surface area contributed by atoms with Gasteiger partial charge in [0.25, 0.3) is 0 Å². The quantitative estimate of drug-likeness (QED) is 0.556. The highest BCUT2D eigenvalue weighted by Gasteiger charge is 2.36. The monoisotopic (exact) mass is 256 g/mol. The summed E-state index contributed by atoms with van der Waals surface area (Å²) in [6.07, 6.45) is 7.99. The van der Waals surface area contributed by atoms with Crippen LogP contribution in [-0.2, 0) is 9.16 Å². The normalized spacial score (nSPS) is 22.5. The molecule has 0 aromatic heterocycles. The molecule has 0 N–H and O–H groups in total. The molecule has 1 heterocycles. The molecule has 0 aromatic carbocycles. The van der Waals surface area contributed by atoms with Gasteiger partial charge in [-0.05, 0) is 37.4 Å². The van der Waals surface area contributed by atoms with Crippen molar-refractivity contribution in [1.82, 2.24) is 0 Å². The second-order valence-electron chi connectivity index (χ2n) is 6.38. The van der Waals surface area contributed by atoms with E-state index < -0.39 is 8.32 Å². The highest BCUT2D eigenvalue weighted by atomic mass is 28.4. The Kier molecular flexibility index (Phi) is 5.42. The fourth-order valence-electron chi connectivity index (χ4n) is 1.57. The lowest BCUT2D eigenvalue weighted by atomic mass is 10.2. The molecule has 0 radical (unpaired) electrons. The number of rotatable bonds is 4. The van der Waals surface area contributed by atoms with E-state index in [0.29, 0.717) is 5.04 Å². The Bertz CT molecular complexity index is 253. The van der Waals surface area contributed by atoms with E-state index in [1.54, 1.807) is 0 Å². The Labute approximate surface area is 108 Å². The zero-order chi connectivity index (χ0) is 12.9. The summed E-state index contributed by atoms with van der Waals surface area (Å²) < 4.78 is 11.9. The number of allylic oxidation sites excluding steroid dienone is 1. The van der Waals surface area contributed by atoms with Gasteiger partial charge in [0.2, 0.25) is 0 Å². The molecule has 1 atom stereocenters. The second-order valence-corrected chi connectivity index (χ2v) is 11.2. The first kappa shape index (κ1) is 14.9. The molecular weight excluding hydrogens is 228 g/mol. The van der Waals surface area contributed by atoms with Crippen LogP contribution >= 0.6 is 0 Å². The van der Waals surface area contributed by atoms with Crippen molar-refractivity contribution >= 4 is 8.32 Å². The van der Waals surface area contributed by atoms with E-state index in [2.05, 4.69) is 46.0 Å². The van der Waals surface area contributed by atoms with Gasteiger partial charge in [-0.3, -0.25) is 0 Å². The molecule has 0 aromatic rings. The van der Waals surface area contributed by atoms with Crippen LogP contribution in [0.2, 0.25) is 18.1 Å². The largest absolute Gasteiger partial charge is 0.417 e. The van der Waals surface area contributed by atoms with Gasteiger partial charge >= 0.3 is 0 Å². The molecule has 3 heteroatoms. The van der Waals surface area contributed by atoms with E-state index in [4.69, 9.17) is 9.16 Å². The van der Waals surface area contributed by atoms with Gasteiger partial charge in [0, 0.05) is 13.2 Å². The summed E-state index contributed by atoms with van der Waals surface area (Å²) >= 11 is 0. The Morgan fingerprint density at radius 1 is 1.35 bits per heavy atom. The van der Waals surface area contributed by atoms with E-state index >= 15 is 0 Å². The van der Waals surface area contributed by atoms with Crippen molar-refractivity contribution in [3.63, 3.8) is 0 Å². The Morgan fingerprint density at radius 3 is 2.71 bits per heavy atom. The summed E-state index contributed by atoms with van der Waals surface area (Å²) in [5.41, 5.74) is 0. The van der Waals surface area contributed by atoms with Gasteiger partial charge in [-0.25, -0.2) is 0 Å². The van der Waals surface area contributed by atoms with E-state index in [0.717, 1.165) is 32.5 Å². The van der Waals surface area contributed by atoms with Crippen molar-refractivity contribution in [3.8, 4) is 0 Å². The van der Waals surface area contributed by atoms with Gasteiger partial charge in [-0.15, -0.1) is 0 Å². The average molecular weight is 256 g/mol. The molecule has 100 valence electrons. The molecule has 0 saturated heterocycles. The molecule has 0 aliphatic carbocycles. The lowest BCUT2D eigenvalue weighted by Crippen LogP contribution is -2.41. The summed E-state index contributed by atoms with van der Waals surface area (Å²) in [4.78, 5) is 0. The molecule has 1 aliphatic heterocycles. The maximum Gasteiger partial charge on any atom is 0.191 e. The smallest absolute Gasteiger partial charge is 0.191 e. The van der Waals surface area contributed by atoms with Crippen LogP contribution in [0.4, 0.5) is 0 Å². The molecule has 0 saturated carbocycles. The number of ether oxygens (including phenoxy) is 1. The fourth-order valence-corrected chi connectivity index (χ4v) is 2.63. The molecule has 1 aliphatic rings. The molecule has 0 bridgehead atoms. The highest BCUT2D eigenvalue weighted by molar-refractivity contribution is 6.74. The first-order valence-electron chi connectivity index (χ1n) is 6.75. The maximum atomic E-state index is 6.16. The predicted molar refractivity (Wildman–Crippen MR) is 75.9 cm³/mol. The third-order valence-electron chi connectivity index (χ3n) is 3.87. The van der Waals surface area contributed by atoms with Gasteiger partial charge < -0.3 is 9.16 Å². The van der Waals surface area contributed by atoms with Crippen molar-refractivity contribution in [2.45, 2.75) is 64.3 Å². The Balaban J connectivity index is 2.32. The van der Waals surface area contributed by atoms with Crippen LogP contribution in [0.1, 0.15) is 40.0 Å². The van der Waals surface area contributed by atoms with Crippen molar-refractivity contribution in [2.24, 2.45) is 0 Å². The zero-order valence-electron chi connectivity index (χ0n) is 12.1. The molecule has 0 amide bonds. The van der Waals surface area contributed by atoms with Crippen molar-refractivity contribution in [2.75, 3.05) is 13.2 Å². The highest BCUT2D eigenvalue weighted by Crippen LogP contribution is 2.36. The third-order valence-corrected chi connectivity index (χ3v) is 8.41. The van der Waals surface area contributed by atoms with Crippen LogP contribution in [0.15, 0.2) is 12.2 Å². The number of hydrogen-bond donors (Lipinski definition) is 0. The Hall–Kier alpha value is -0.123. The van der Waals surface area contributed by atoms with Gasteiger partial charge in [0.05, 0.1) is 6.10 Å².